The van der Waals surface area contributed by atoms with Gasteiger partial charge in [-0.15, -0.1) is 0 Å². The summed E-state index contributed by atoms with van der Waals surface area (Å²) >= 11 is 13.9. The lowest BCUT2D eigenvalue weighted by atomic mass is 10.2. The van der Waals surface area contributed by atoms with Gasteiger partial charge in [0.2, 0.25) is 0 Å². The zero-order valence-electron chi connectivity index (χ0n) is 19.0. The number of carbonyl (C=O) groups excluding carboxylic acids is 3. The van der Waals surface area contributed by atoms with Crippen molar-refractivity contribution in [2.75, 3.05) is 24.4 Å². The van der Waals surface area contributed by atoms with Gasteiger partial charge in [0.15, 0.2) is 18.1 Å². The predicted octanol–water partition coefficient (Wildman–Crippen LogP) is 4.85. The van der Waals surface area contributed by atoms with Gasteiger partial charge >= 0.3 is 11.8 Å². The quantitative estimate of drug-likeness (QED) is 0.138. The standard InChI is InChI=1S/C24H18Cl2FIN4O5/c1-36-20-7-13(11-29-32-24(35)23(34)31-19-5-3-2-4-17(19)27)6-18(28)22(20)37-12-21(33)30-16-9-14(25)8-15(26)10-16/h2-11H,12H2,1H3,(H,30,33)(H,31,34)(H,32,35)/b29-11-. The first-order chi connectivity index (χ1) is 17.7. The third-order valence-corrected chi connectivity index (χ3v) is 5.69. The van der Waals surface area contributed by atoms with Crippen LogP contribution in [0.2, 0.25) is 10.0 Å². The minimum atomic E-state index is -1.09. The van der Waals surface area contributed by atoms with Gasteiger partial charge < -0.3 is 20.1 Å². The monoisotopic (exact) mass is 658 g/mol. The van der Waals surface area contributed by atoms with E-state index in [1.165, 1.54) is 31.5 Å². The molecule has 192 valence electrons. The molecule has 13 heteroatoms. The summed E-state index contributed by atoms with van der Waals surface area (Å²) in [6.07, 6.45) is 1.28. The summed E-state index contributed by atoms with van der Waals surface area (Å²) in [6.45, 7) is -0.322. The van der Waals surface area contributed by atoms with E-state index in [2.05, 4.69) is 21.2 Å². The van der Waals surface area contributed by atoms with Gasteiger partial charge in [-0.2, -0.15) is 5.10 Å². The zero-order chi connectivity index (χ0) is 26.9. The molecule has 0 heterocycles. The van der Waals surface area contributed by atoms with Gasteiger partial charge in [0.1, 0.15) is 5.82 Å². The molecular formula is C24H18Cl2FIN4O5. The Morgan fingerprint density at radius 3 is 2.41 bits per heavy atom. The minimum Gasteiger partial charge on any atom is -0.493 e. The second-order valence-electron chi connectivity index (χ2n) is 7.16. The van der Waals surface area contributed by atoms with E-state index in [9.17, 15) is 18.8 Å². The lowest BCUT2D eigenvalue weighted by Crippen LogP contribution is -2.32. The molecule has 0 aromatic heterocycles. The van der Waals surface area contributed by atoms with E-state index in [1.54, 1.807) is 30.3 Å². The van der Waals surface area contributed by atoms with Gasteiger partial charge in [-0.3, -0.25) is 14.4 Å². The maximum Gasteiger partial charge on any atom is 0.329 e. The summed E-state index contributed by atoms with van der Waals surface area (Å²) < 4.78 is 25.2. The van der Waals surface area contributed by atoms with E-state index in [-0.39, 0.29) is 12.3 Å². The fraction of sp³-hybridized carbons (Fsp3) is 0.0833. The summed E-state index contributed by atoms with van der Waals surface area (Å²) in [5, 5.41) is 9.28. The summed E-state index contributed by atoms with van der Waals surface area (Å²) in [5.41, 5.74) is 2.85. The van der Waals surface area contributed by atoms with Crippen molar-refractivity contribution in [1.82, 2.24) is 5.43 Å². The summed E-state index contributed by atoms with van der Waals surface area (Å²) in [7, 11) is 1.42. The van der Waals surface area contributed by atoms with Crippen LogP contribution in [0.15, 0.2) is 59.7 Å². The number of hydrogen-bond acceptors (Lipinski definition) is 6. The van der Waals surface area contributed by atoms with Crippen LogP contribution in [0.4, 0.5) is 15.8 Å². The van der Waals surface area contributed by atoms with E-state index in [1.807, 2.05) is 22.6 Å². The molecule has 0 aliphatic carbocycles. The van der Waals surface area contributed by atoms with E-state index in [0.717, 1.165) is 6.07 Å². The minimum absolute atomic E-state index is 0.133. The molecule has 3 rings (SSSR count). The van der Waals surface area contributed by atoms with Crippen molar-refractivity contribution in [3.8, 4) is 11.5 Å². The number of hydrazone groups is 1. The lowest BCUT2D eigenvalue weighted by molar-refractivity contribution is -0.136. The highest BCUT2D eigenvalue weighted by Gasteiger charge is 2.16. The zero-order valence-corrected chi connectivity index (χ0v) is 22.7. The molecule has 0 saturated carbocycles. The van der Waals surface area contributed by atoms with Gasteiger partial charge in [0, 0.05) is 15.7 Å². The van der Waals surface area contributed by atoms with Crippen molar-refractivity contribution >= 4 is 81.1 Å². The number of anilines is 2. The van der Waals surface area contributed by atoms with Crippen molar-refractivity contribution < 1.29 is 28.2 Å². The summed E-state index contributed by atoms with van der Waals surface area (Å²) in [4.78, 5) is 36.2. The summed E-state index contributed by atoms with van der Waals surface area (Å²) in [6, 6.07) is 13.3. The van der Waals surface area contributed by atoms with Crippen molar-refractivity contribution in [3.63, 3.8) is 0 Å². The van der Waals surface area contributed by atoms with Crippen LogP contribution >= 0.6 is 45.8 Å². The second-order valence-corrected chi connectivity index (χ2v) is 9.20. The molecule has 9 nitrogen and oxygen atoms in total. The van der Waals surface area contributed by atoms with Crippen molar-refractivity contribution in [2.24, 2.45) is 5.10 Å². The molecule has 3 amide bonds. The Hall–Kier alpha value is -3.42. The smallest absolute Gasteiger partial charge is 0.329 e. The van der Waals surface area contributed by atoms with Gasteiger partial charge in [0.25, 0.3) is 5.91 Å². The SMILES string of the molecule is COc1cc(/C=N\NC(=O)C(=O)Nc2ccccc2F)cc(I)c1OCC(=O)Nc1cc(Cl)cc(Cl)c1. The molecule has 0 spiro atoms. The average Bonchev–Trinajstić information content (AvgIpc) is 2.83. The van der Waals surface area contributed by atoms with Crippen molar-refractivity contribution in [1.29, 1.82) is 0 Å². The van der Waals surface area contributed by atoms with Gasteiger partial charge in [-0.05, 0) is 70.6 Å². The van der Waals surface area contributed by atoms with Gasteiger partial charge in [-0.1, -0.05) is 35.3 Å². The van der Waals surface area contributed by atoms with Crippen molar-refractivity contribution in [2.45, 2.75) is 0 Å². The number of nitrogens with one attached hydrogen (secondary N) is 3. The Bertz CT molecular complexity index is 1350. The van der Waals surface area contributed by atoms with Gasteiger partial charge in [-0.25, -0.2) is 9.82 Å². The fourth-order valence-electron chi connectivity index (χ4n) is 2.87. The Morgan fingerprint density at radius 1 is 1.03 bits per heavy atom. The highest BCUT2D eigenvalue weighted by Crippen LogP contribution is 2.33. The fourth-order valence-corrected chi connectivity index (χ4v) is 4.18. The Kier molecular flexibility index (Phi) is 10.1. The molecule has 0 atom stereocenters. The molecule has 0 aliphatic rings. The molecule has 0 unspecified atom stereocenters. The number of ether oxygens (including phenoxy) is 2. The number of nitrogens with zero attached hydrogens (tertiary/aromatic N) is 1. The molecule has 3 aromatic carbocycles. The Morgan fingerprint density at radius 2 is 1.73 bits per heavy atom. The van der Waals surface area contributed by atoms with Gasteiger partial charge in [0.05, 0.1) is 22.6 Å². The molecule has 0 aliphatic heterocycles. The molecule has 0 fully saturated rings. The first-order valence-electron chi connectivity index (χ1n) is 10.3. The number of rotatable bonds is 8. The van der Waals surface area contributed by atoms with E-state index < -0.39 is 23.5 Å². The first-order valence-corrected chi connectivity index (χ1v) is 12.1. The van der Waals surface area contributed by atoms with Crippen LogP contribution in [0.1, 0.15) is 5.56 Å². The van der Waals surface area contributed by atoms with Crippen LogP contribution in [0.3, 0.4) is 0 Å². The molecule has 0 bridgehead atoms. The third-order valence-electron chi connectivity index (χ3n) is 4.45. The van der Waals surface area contributed by atoms with E-state index in [4.69, 9.17) is 32.7 Å². The van der Waals surface area contributed by atoms with Crippen LogP contribution in [-0.2, 0) is 14.4 Å². The number of halogens is 4. The topological polar surface area (TPSA) is 118 Å². The third kappa shape index (κ3) is 8.30. The number of methoxy groups -OCH3 is 1. The number of hydrogen-bond donors (Lipinski definition) is 3. The maximum absolute atomic E-state index is 13.6. The number of para-hydroxylation sites is 1. The summed E-state index contributed by atoms with van der Waals surface area (Å²) in [5.74, 6) is -2.69. The number of amides is 3. The van der Waals surface area contributed by atoms with Crippen LogP contribution in [0, 0.1) is 9.39 Å². The highest BCUT2D eigenvalue weighted by molar-refractivity contribution is 14.1. The number of benzene rings is 3. The molecule has 0 saturated heterocycles. The van der Waals surface area contributed by atoms with Crippen LogP contribution < -0.4 is 25.5 Å². The average molecular weight is 659 g/mol. The Labute approximate surface area is 234 Å². The second kappa shape index (κ2) is 13.2. The number of carbonyl (C=O) groups is 3. The lowest BCUT2D eigenvalue weighted by Gasteiger charge is -2.13. The molecule has 3 aromatic rings. The van der Waals surface area contributed by atoms with Crippen LogP contribution in [0.25, 0.3) is 0 Å². The molecular weight excluding hydrogens is 641 g/mol. The molecule has 37 heavy (non-hydrogen) atoms. The molecule has 3 N–H and O–H groups in total. The van der Waals surface area contributed by atoms with Crippen LogP contribution in [0.5, 0.6) is 11.5 Å². The largest absolute Gasteiger partial charge is 0.493 e. The first kappa shape index (κ1) is 28.2. The van der Waals surface area contributed by atoms with E-state index in [0.29, 0.717) is 36.4 Å². The molecule has 0 radical (unpaired) electrons. The highest BCUT2D eigenvalue weighted by atomic mass is 127. The van der Waals surface area contributed by atoms with Crippen LogP contribution in [-0.4, -0.2) is 37.7 Å². The van der Waals surface area contributed by atoms with Crippen molar-refractivity contribution in [3.05, 3.63) is 79.6 Å². The normalized spacial score (nSPS) is 10.6. The maximum atomic E-state index is 13.6. The predicted molar refractivity (Wildman–Crippen MR) is 147 cm³/mol. The Balaban J connectivity index is 1.59. The van der Waals surface area contributed by atoms with E-state index >= 15 is 0 Å².